The largest absolute Gasteiger partial charge is 0.384 e. The number of nitrogens with zero attached hydrogens (tertiary/aromatic N) is 2. The second-order valence-corrected chi connectivity index (χ2v) is 10.7. The van der Waals surface area contributed by atoms with Crippen molar-refractivity contribution in [2.75, 3.05) is 26.3 Å². The van der Waals surface area contributed by atoms with Crippen LogP contribution in [0.2, 0.25) is 0 Å². The molecule has 1 unspecified atom stereocenters. The van der Waals surface area contributed by atoms with E-state index in [9.17, 15) is 14.4 Å². The number of ether oxygens (including phenoxy) is 2. The molecule has 3 aromatic rings. The molecule has 1 aromatic carbocycles. The Hall–Kier alpha value is -4.13. The lowest BCUT2D eigenvalue weighted by Crippen LogP contribution is -2.49. The molecular formula is C28H30N6O5S. The molecule has 1 spiro atoms. The van der Waals surface area contributed by atoms with Crippen molar-refractivity contribution >= 4 is 34.9 Å². The smallest absolute Gasteiger partial charge is 0.270 e. The molecule has 2 aliphatic heterocycles. The molecule has 12 heteroatoms. The van der Waals surface area contributed by atoms with Gasteiger partial charge in [0.2, 0.25) is 11.8 Å². The molecule has 4 heterocycles. The number of thiophene rings is 1. The number of nitrogens with one attached hydrogen (secondary N) is 3. The summed E-state index contributed by atoms with van der Waals surface area (Å²) in [6, 6.07) is 13.6. The van der Waals surface area contributed by atoms with Gasteiger partial charge in [-0.2, -0.15) is 0 Å². The van der Waals surface area contributed by atoms with Crippen molar-refractivity contribution < 1.29 is 23.9 Å². The minimum absolute atomic E-state index is 0.0459. The number of carbonyl (C=O) groups excluding carboxylic acids is 3. The van der Waals surface area contributed by atoms with Gasteiger partial charge in [-0.15, -0.1) is 11.3 Å². The van der Waals surface area contributed by atoms with Crippen LogP contribution in [-0.4, -0.2) is 71.6 Å². The average Bonchev–Trinajstić information content (AvgIpc) is 3.73. The number of nitrogens with two attached hydrogens (primary N) is 1. The van der Waals surface area contributed by atoms with Crippen LogP contribution in [0.15, 0.2) is 60.1 Å². The van der Waals surface area contributed by atoms with Crippen LogP contribution in [0.25, 0.3) is 11.1 Å². The van der Waals surface area contributed by atoms with Gasteiger partial charge in [0.1, 0.15) is 17.6 Å². The highest BCUT2D eigenvalue weighted by molar-refractivity contribution is 7.10. The first kappa shape index (κ1) is 27.4. The maximum atomic E-state index is 13.4. The maximum Gasteiger partial charge on any atom is 0.270 e. The Kier molecular flexibility index (Phi) is 7.92. The molecule has 0 bridgehead atoms. The zero-order valence-electron chi connectivity index (χ0n) is 21.9. The second kappa shape index (κ2) is 11.5. The van der Waals surface area contributed by atoms with E-state index in [1.165, 1.54) is 16.2 Å². The molecule has 5 N–H and O–H groups in total. The molecule has 5 rings (SSSR count). The molecule has 0 saturated carbocycles. The molecule has 2 saturated heterocycles. The van der Waals surface area contributed by atoms with Crippen molar-refractivity contribution in [3.05, 3.63) is 76.2 Å². The summed E-state index contributed by atoms with van der Waals surface area (Å²) in [4.78, 5) is 45.8. The number of hydrogen-bond donors (Lipinski definition) is 4. The Balaban J connectivity index is 1.23. The fraction of sp³-hybridized carbons (Fsp3) is 0.321. The minimum atomic E-state index is -1.05. The summed E-state index contributed by atoms with van der Waals surface area (Å²) < 4.78 is 11.6. The third-order valence-electron chi connectivity index (χ3n) is 6.95. The molecule has 2 aliphatic rings. The highest BCUT2D eigenvalue weighted by Gasteiger charge is 2.52. The summed E-state index contributed by atoms with van der Waals surface area (Å²) in [5, 5.41) is 14.9. The number of likely N-dealkylation sites (tertiary alicyclic amines) is 1. The van der Waals surface area contributed by atoms with Crippen LogP contribution in [0.5, 0.6) is 0 Å². The van der Waals surface area contributed by atoms with Gasteiger partial charge in [-0.1, -0.05) is 36.4 Å². The van der Waals surface area contributed by atoms with Gasteiger partial charge < -0.3 is 30.7 Å². The van der Waals surface area contributed by atoms with Crippen LogP contribution in [0.4, 0.5) is 0 Å². The van der Waals surface area contributed by atoms with E-state index in [-0.39, 0.29) is 43.0 Å². The summed E-state index contributed by atoms with van der Waals surface area (Å²) in [5.41, 5.74) is 8.18. The molecule has 0 aliphatic carbocycles. The Morgan fingerprint density at radius 3 is 2.58 bits per heavy atom. The van der Waals surface area contributed by atoms with Crippen molar-refractivity contribution in [3.63, 3.8) is 0 Å². The number of pyridine rings is 1. The standard InChI is InChI=1S/C28H30N6O5S/c1-17(23-11-20(15-40-23)25(29)30)33-27(37)22-12-28(38-9-10-39-28)16-34(22)24(35)14-32-26(36)21-8-7-19(13-31-21)18-5-3-2-4-6-18/h2-8,11,13,15,17,22H,9-10,12,14,16H2,1H3,(H3,29,30)(H,32,36)(H,33,37)/t17?,22-/m0/s1. The number of aromatic nitrogens is 1. The first-order chi connectivity index (χ1) is 19.2. The van der Waals surface area contributed by atoms with E-state index < -0.39 is 23.6 Å². The van der Waals surface area contributed by atoms with Crippen LogP contribution >= 0.6 is 11.3 Å². The van der Waals surface area contributed by atoms with Crippen molar-refractivity contribution in [1.82, 2.24) is 20.5 Å². The van der Waals surface area contributed by atoms with Crippen LogP contribution in [-0.2, 0) is 19.1 Å². The zero-order chi connectivity index (χ0) is 28.3. The number of amidine groups is 1. The van der Waals surface area contributed by atoms with E-state index in [4.69, 9.17) is 20.6 Å². The van der Waals surface area contributed by atoms with E-state index in [0.29, 0.717) is 18.8 Å². The van der Waals surface area contributed by atoms with Crippen molar-refractivity contribution in [2.45, 2.75) is 31.2 Å². The average molecular weight is 563 g/mol. The fourth-order valence-electron chi connectivity index (χ4n) is 4.82. The minimum Gasteiger partial charge on any atom is -0.384 e. The molecule has 208 valence electrons. The number of benzene rings is 1. The summed E-state index contributed by atoms with van der Waals surface area (Å²) in [5.74, 6) is -2.39. The highest BCUT2D eigenvalue weighted by atomic mass is 32.1. The number of amides is 3. The van der Waals surface area contributed by atoms with Crippen LogP contribution in [0, 0.1) is 5.41 Å². The predicted octanol–water partition coefficient (Wildman–Crippen LogP) is 2.05. The summed E-state index contributed by atoms with van der Waals surface area (Å²) in [7, 11) is 0. The van der Waals surface area contributed by atoms with Crippen LogP contribution in [0.1, 0.15) is 40.3 Å². The number of nitrogen functional groups attached to an aromatic ring is 1. The monoisotopic (exact) mass is 562 g/mol. The fourth-order valence-corrected chi connectivity index (χ4v) is 5.74. The number of carbonyl (C=O) groups is 3. The lowest BCUT2D eigenvalue weighted by atomic mass is 10.1. The van der Waals surface area contributed by atoms with Gasteiger partial charge in [0, 0.05) is 34.0 Å². The summed E-state index contributed by atoms with van der Waals surface area (Å²) >= 11 is 1.39. The Morgan fingerprint density at radius 2 is 1.93 bits per heavy atom. The van der Waals surface area contributed by atoms with Gasteiger partial charge >= 0.3 is 0 Å². The SMILES string of the molecule is CC(NC(=O)[C@@H]1CC2(CN1C(=O)CNC(=O)c1ccc(-c3ccccc3)cn1)OCCO2)c1cc(C(=N)N)cs1. The molecule has 2 aromatic heterocycles. The Labute approximate surface area is 235 Å². The maximum absolute atomic E-state index is 13.4. The van der Waals surface area contributed by atoms with Gasteiger partial charge in [-0.3, -0.25) is 24.8 Å². The van der Waals surface area contributed by atoms with E-state index >= 15 is 0 Å². The van der Waals surface area contributed by atoms with Gasteiger partial charge in [-0.05, 0) is 24.6 Å². The summed E-state index contributed by atoms with van der Waals surface area (Å²) in [6.07, 6.45) is 1.79. The number of rotatable bonds is 8. The quantitative estimate of drug-likeness (QED) is 0.241. The first-order valence-electron chi connectivity index (χ1n) is 12.8. The second-order valence-electron chi connectivity index (χ2n) is 9.71. The first-order valence-corrected chi connectivity index (χ1v) is 13.7. The highest BCUT2D eigenvalue weighted by Crippen LogP contribution is 2.35. The molecule has 11 nitrogen and oxygen atoms in total. The van der Waals surface area contributed by atoms with E-state index in [1.807, 2.05) is 37.3 Å². The number of hydrogen-bond acceptors (Lipinski definition) is 8. The lowest BCUT2D eigenvalue weighted by Gasteiger charge is -2.25. The van der Waals surface area contributed by atoms with Gasteiger partial charge in [0.25, 0.3) is 5.91 Å². The van der Waals surface area contributed by atoms with E-state index in [1.54, 1.807) is 29.8 Å². The zero-order valence-corrected chi connectivity index (χ0v) is 22.7. The predicted molar refractivity (Wildman–Crippen MR) is 149 cm³/mol. The molecule has 0 radical (unpaired) electrons. The molecule has 2 atom stereocenters. The Bertz CT molecular complexity index is 1400. The molecular weight excluding hydrogens is 532 g/mol. The molecule has 40 heavy (non-hydrogen) atoms. The van der Waals surface area contributed by atoms with Crippen LogP contribution < -0.4 is 16.4 Å². The summed E-state index contributed by atoms with van der Waals surface area (Å²) in [6.45, 7) is 2.33. The van der Waals surface area contributed by atoms with Gasteiger partial charge in [0.15, 0.2) is 5.79 Å². The third-order valence-corrected chi connectivity index (χ3v) is 8.06. The van der Waals surface area contributed by atoms with E-state index in [0.717, 1.165) is 16.0 Å². The van der Waals surface area contributed by atoms with Crippen molar-refractivity contribution in [1.29, 1.82) is 5.41 Å². The lowest BCUT2D eigenvalue weighted by molar-refractivity contribution is -0.152. The van der Waals surface area contributed by atoms with Crippen LogP contribution in [0.3, 0.4) is 0 Å². The van der Waals surface area contributed by atoms with Gasteiger partial charge in [-0.25, -0.2) is 0 Å². The molecule has 3 amide bonds. The topological polar surface area (TPSA) is 160 Å². The molecule has 2 fully saturated rings. The van der Waals surface area contributed by atoms with Crippen molar-refractivity contribution in [3.8, 4) is 11.1 Å². The third kappa shape index (κ3) is 5.88. The Morgan fingerprint density at radius 1 is 1.18 bits per heavy atom. The van der Waals surface area contributed by atoms with E-state index in [2.05, 4.69) is 15.6 Å². The van der Waals surface area contributed by atoms with Crippen molar-refractivity contribution in [2.24, 2.45) is 5.73 Å². The normalized spacial score (nSPS) is 18.4. The van der Waals surface area contributed by atoms with Gasteiger partial charge in [0.05, 0.1) is 32.3 Å².